The van der Waals surface area contributed by atoms with Crippen molar-refractivity contribution in [2.75, 3.05) is 12.4 Å². The fraction of sp³-hybridized carbons (Fsp3) is 0.222. The third-order valence-electron chi connectivity index (χ3n) is 3.33. The van der Waals surface area contributed by atoms with Crippen LogP contribution in [-0.2, 0) is 4.79 Å². The van der Waals surface area contributed by atoms with Crippen LogP contribution in [0.25, 0.3) is 0 Å². The summed E-state index contributed by atoms with van der Waals surface area (Å²) >= 11 is 0. The van der Waals surface area contributed by atoms with E-state index in [4.69, 9.17) is 4.74 Å². The monoisotopic (exact) mass is 345 g/mol. The maximum Gasteiger partial charge on any atom is 0.319 e. The number of hydrogen-bond acceptors (Lipinski definition) is 3. The van der Waals surface area contributed by atoms with E-state index in [0.29, 0.717) is 5.75 Å². The molecule has 2 aromatic carbocycles. The maximum absolute atomic E-state index is 14.1. The molecule has 0 bridgehead atoms. The second-order valence-electron chi connectivity index (χ2n) is 5.40. The highest BCUT2D eigenvalue weighted by Crippen LogP contribution is 2.31. The summed E-state index contributed by atoms with van der Waals surface area (Å²) in [6.45, 7) is 1.68. The fourth-order valence-electron chi connectivity index (χ4n) is 2.13. The van der Waals surface area contributed by atoms with E-state index >= 15 is 0 Å². The highest BCUT2D eigenvalue weighted by atomic mass is 19.1. The summed E-state index contributed by atoms with van der Waals surface area (Å²) in [5, 5.41) is 7.49. The van der Waals surface area contributed by atoms with Gasteiger partial charge >= 0.3 is 6.03 Å². The van der Waals surface area contributed by atoms with Crippen LogP contribution in [0.2, 0.25) is 0 Å². The molecule has 1 atom stereocenters. The molecule has 3 N–H and O–H groups in total. The predicted molar refractivity (Wildman–Crippen MR) is 93.2 cm³/mol. The molecule has 0 spiro atoms. The minimum absolute atomic E-state index is 0.0732. The predicted octanol–water partition coefficient (Wildman–Crippen LogP) is 3.26. The van der Waals surface area contributed by atoms with Crippen LogP contribution in [0.5, 0.6) is 11.5 Å². The minimum Gasteiger partial charge on any atom is -0.455 e. The number of nitrogens with one attached hydrogen (secondary N) is 3. The van der Waals surface area contributed by atoms with E-state index in [1.54, 1.807) is 37.3 Å². The van der Waals surface area contributed by atoms with E-state index in [9.17, 15) is 14.0 Å². The Bertz CT molecular complexity index is 738. The standard InChI is InChI=1S/C18H20FN3O3/c1-12(11-16(23)20-2)21-18(24)22-17-14(19)9-6-10-15(17)25-13-7-4-3-5-8-13/h3-10,12H,11H2,1-2H3,(H,20,23)(H2,21,22,24). The number of ether oxygens (including phenoxy) is 1. The number of amides is 3. The van der Waals surface area contributed by atoms with Gasteiger partial charge in [-0.15, -0.1) is 0 Å². The number of carbonyl (C=O) groups excluding carboxylic acids is 2. The quantitative estimate of drug-likeness (QED) is 0.752. The summed E-state index contributed by atoms with van der Waals surface area (Å²) < 4.78 is 19.8. The zero-order chi connectivity index (χ0) is 18.2. The number of hydrogen-bond donors (Lipinski definition) is 3. The lowest BCUT2D eigenvalue weighted by molar-refractivity contribution is -0.120. The number of para-hydroxylation sites is 2. The summed E-state index contributed by atoms with van der Waals surface area (Å²) in [4.78, 5) is 23.4. The Balaban J connectivity index is 2.08. The van der Waals surface area contributed by atoms with Crippen molar-refractivity contribution in [2.45, 2.75) is 19.4 Å². The molecule has 0 saturated carbocycles. The molecular formula is C18H20FN3O3. The third kappa shape index (κ3) is 5.49. The summed E-state index contributed by atoms with van der Waals surface area (Å²) in [7, 11) is 1.52. The lowest BCUT2D eigenvalue weighted by Crippen LogP contribution is -2.39. The van der Waals surface area contributed by atoms with E-state index < -0.39 is 17.9 Å². The molecular weight excluding hydrogens is 325 g/mol. The van der Waals surface area contributed by atoms with Gasteiger partial charge in [0.25, 0.3) is 0 Å². The number of benzene rings is 2. The van der Waals surface area contributed by atoms with E-state index in [-0.39, 0.29) is 23.8 Å². The van der Waals surface area contributed by atoms with Gasteiger partial charge in [0.1, 0.15) is 11.4 Å². The van der Waals surface area contributed by atoms with E-state index in [0.717, 1.165) is 0 Å². The minimum atomic E-state index is -0.626. The van der Waals surface area contributed by atoms with Gasteiger partial charge in [-0.1, -0.05) is 24.3 Å². The lowest BCUT2D eigenvalue weighted by Gasteiger charge is -2.16. The van der Waals surface area contributed by atoms with Crippen molar-refractivity contribution >= 4 is 17.6 Å². The zero-order valence-corrected chi connectivity index (χ0v) is 14.0. The van der Waals surface area contributed by atoms with Gasteiger partial charge in [0.05, 0.1) is 0 Å². The molecule has 7 heteroatoms. The second-order valence-corrected chi connectivity index (χ2v) is 5.40. The molecule has 0 aromatic heterocycles. The Labute approximate surface area is 145 Å². The first-order valence-corrected chi connectivity index (χ1v) is 7.79. The van der Waals surface area contributed by atoms with Crippen LogP contribution < -0.4 is 20.7 Å². The third-order valence-corrected chi connectivity index (χ3v) is 3.33. The Kier molecular flexibility index (Phi) is 6.33. The van der Waals surface area contributed by atoms with Gasteiger partial charge in [0.2, 0.25) is 5.91 Å². The van der Waals surface area contributed by atoms with Crippen LogP contribution in [0.15, 0.2) is 48.5 Å². The van der Waals surface area contributed by atoms with Crippen LogP contribution in [0.4, 0.5) is 14.9 Å². The van der Waals surface area contributed by atoms with Gasteiger partial charge in [0.15, 0.2) is 11.6 Å². The van der Waals surface area contributed by atoms with Gasteiger partial charge in [-0.05, 0) is 31.2 Å². The molecule has 2 rings (SSSR count). The van der Waals surface area contributed by atoms with Crippen LogP contribution in [0, 0.1) is 5.82 Å². The SMILES string of the molecule is CNC(=O)CC(C)NC(=O)Nc1c(F)cccc1Oc1ccccc1. The van der Waals surface area contributed by atoms with E-state index in [1.165, 1.54) is 19.2 Å². The summed E-state index contributed by atoms with van der Waals surface area (Å²) in [5.74, 6) is -0.126. The van der Waals surface area contributed by atoms with E-state index in [1.807, 2.05) is 6.07 Å². The molecule has 132 valence electrons. The van der Waals surface area contributed by atoms with Gasteiger partial charge in [-0.25, -0.2) is 9.18 Å². The second kappa shape index (κ2) is 8.68. The van der Waals surface area contributed by atoms with Crippen molar-refractivity contribution in [1.82, 2.24) is 10.6 Å². The van der Waals surface area contributed by atoms with Gasteiger partial charge < -0.3 is 20.7 Å². The molecule has 0 heterocycles. The Morgan fingerprint density at radius 3 is 2.52 bits per heavy atom. The van der Waals surface area contributed by atoms with Crippen molar-refractivity contribution in [3.05, 3.63) is 54.3 Å². The molecule has 2 aromatic rings. The summed E-state index contributed by atoms with van der Waals surface area (Å²) in [6.07, 6.45) is 0.120. The van der Waals surface area contributed by atoms with Crippen molar-refractivity contribution in [2.24, 2.45) is 0 Å². The fourth-order valence-corrected chi connectivity index (χ4v) is 2.13. The van der Waals surface area contributed by atoms with Gasteiger partial charge in [-0.3, -0.25) is 4.79 Å². The first-order valence-electron chi connectivity index (χ1n) is 7.79. The number of halogens is 1. The molecule has 25 heavy (non-hydrogen) atoms. The van der Waals surface area contributed by atoms with Crippen molar-refractivity contribution in [1.29, 1.82) is 0 Å². The average molecular weight is 345 g/mol. The normalized spacial score (nSPS) is 11.3. The largest absolute Gasteiger partial charge is 0.455 e. The molecule has 0 radical (unpaired) electrons. The Hall–Kier alpha value is -3.09. The van der Waals surface area contributed by atoms with Crippen molar-refractivity contribution in [3.63, 3.8) is 0 Å². The maximum atomic E-state index is 14.1. The van der Waals surface area contributed by atoms with Crippen molar-refractivity contribution in [3.8, 4) is 11.5 Å². The summed E-state index contributed by atoms with van der Waals surface area (Å²) in [5.41, 5.74) is -0.0732. The molecule has 6 nitrogen and oxygen atoms in total. The van der Waals surface area contributed by atoms with Crippen LogP contribution in [0.1, 0.15) is 13.3 Å². The Morgan fingerprint density at radius 2 is 1.84 bits per heavy atom. The molecule has 0 aliphatic rings. The van der Waals surface area contributed by atoms with Crippen LogP contribution in [0.3, 0.4) is 0 Å². The van der Waals surface area contributed by atoms with Gasteiger partial charge in [0, 0.05) is 19.5 Å². The number of rotatable bonds is 6. The highest BCUT2D eigenvalue weighted by molar-refractivity contribution is 5.91. The topological polar surface area (TPSA) is 79.5 Å². The zero-order valence-electron chi connectivity index (χ0n) is 14.0. The summed E-state index contributed by atoms with van der Waals surface area (Å²) in [6, 6.07) is 12.1. The van der Waals surface area contributed by atoms with Crippen LogP contribution in [-0.4, -0.2) is 25.0 Å². The number of carbonyl (C=O) groups is 2. The Morgan fingerprint density at radius 1 is 1.12 bits per heavy atom. The average Bonchev–Trinajstić information content (AvgIpc) is 2.58. The molecule has 0 saturated heterocycles. The van der Waals surface area contributed by atoms with Gasteiger partial charge in [-0.2, -0.15) is 0 Å². The lowest BCUT2D eigenvalue weighted by atomic mass is 10.2. The first-order chi connectivity index (χ1) is 12.0. The molecule has 3 amide bonds. The smallest absolute Gasteiger partial charge is 0.319 e. The van der Waals surface area contributed by atoms with E-state index in [2.05, 4.69) is 16.0 Å². The number of anilines is 1. The number of urea groups is 1. The first kappa shape index (κ1) is 18.3. The van der Waals surface area contributed by atoms with Crippen molar-refractivity contribution < 1.29 is 18.7 Å². The highest BCUT2D eigenvalue weighted by Gasteiger charge is 2.16. The molecule has 1 unspecified atom stereocenters. The molecule has 0 aliphatic carbocycles. The van der Waals surface area contributed by atoms with Crippen LogP contribution >= 0.6 is 0 Å². The molecule has 0 aliphatic heterocycles. The molecule has 0 fully saturated rings.